The molecule has 0 saturated heterocycles. The summed E-state index contributed by atoms with van der Waals surface area (Å²) in [4.78, 5) is 54.7. The smallest absolute Gasteiger partial charge is 0.424 e. The predicted octanol–water partition coefficient (Wildman–Crippen LogP) is 5.37. The van der Waals surface area contributed by atoms with Crippen molar-refractivity contribution in [3.8, 4) is 17.4 Å². The molecular weight excluding hydrogens is 932 g/mol. The van der Waals surface area contributed by atoms with Crippen LogP contribution < -0.4 is 10.5 Å². The van der Waals surface area contributed by atoms with Gasteiger partial charge in [0.15, 0.2) is 22.7 Å². The molecule has 60 heavy (non-hydrogen) atoms. The normalized spacial score (nSPS) is 11.0. The number of primary amides is 1. The number of esters is 2. The zero-order chi connectivity index (χ0) is 44.4. The second-order valence-electron chi connectivity index (χ2n) is 12.2. The Balaban J connectivity index is 0.000000204. The number of amides is 2. The Morgan fingerprint density at radius 2 is 1.23 bits per heavy atom. The summed E-state index contributed by atoms with van der Waals surface area (Å²) in [5.41, 5.74) is 8.63. The van der Waals surface area contributed by atoms with Crippen LogP contribution in [0.25, 0.3) is 33.4 Å². The van der Waals surface area contributed by atoms with Crippen LogP contribution in [0.15, 0.2) is 82.0 Å². The zero-order valence-corrected chi connectivity index (χ0v) is 37.0. The highest BCUT2D eigenvalue weighted by atomic mass is 79.9. The number of fused-ring (bicyclic) bond motifs is 2. The summed E-state index contributed by atoms with van der Waals surface area (Å²) in [6.07, 6.45) is 2.26. The number of nitrogens with one attached hydrogen (secondary N) is 1. The number of nitriles is 1. The van der Waals surface area contributed by atoms with Gasteiger partial charge in [0.05, 0.1) is 74.7 Å². The molecule has 0 unspecified atom stereocenters. The number of methoxy groups -OCH3 is 3. The fraction of sp³-hybridized carbons (Fsp3) is 0.237. The summed E-state index contributed by atoms with van der Waals surface area (Å²) in [6.45, 7) is 6.51. The predicted molar refractivity (Wildman–Crippen MR) is 225 cm³/mol. The molecule has 22 heteroatoms. The quantitative estimate of drug-likeness (QED) is 0.0995. The average Bonchev–Trinajstić information content (AvgIpc) is 3.83. The van der Waals surface area contributed by atoms with Crippen LogP contribution in [-0.2, 0) is 24.4 Å². The number of ether oxygens (including phenoxy) is 3. The van der Waals surface area contributed by atoms with Gasteiger partial charge in [-0.3, -0.25) is 4.79 Å². The van der Waals surface area contributed by atoms with Gasteiger partial charge in [-0.1, -0.05) is 31.9 Å². The molecule has 314 valence electrons. The number of rotatable bonds is 10. The van der Waals surface area contributed by atoms with E-state index in [4.69, 9.17) is 20.5 Å². The summed E-state index contributed by atoms with van der Waals surface area (Å²) < 4.78 is 43.6. The lowest BCUT2D eigenvalue weighted by Crippen LogP contribution is -2.58. The fourth-order valence-electron chi connectivity index (χ4n) is 5.78. The fourth-order valence-corrected chi connectivity index (χ4v) is 8.25. The van der Waals surface area contributed by atoms with Crippen molar-refractivity contribution >= 4 is 88.1 Å². The third-order valence-corrected chi connectivity index (χ3v) is 12.1. The summed E-state index contributed by atoms with van der Waals surface area (Å²) in [5, 5.41) is 18.8. The zero-order valence-electron chi connectivity index (χ0n) is 33.0. The number of halogens is 2. The van der Waals surface area contributed by atoms with Gasteiger partial charge < -0.3 is 19.9 Å². The molecule has 6 aromatic rings. The molecule has 2 aromatic carbocycles. The number of nitrogens with two attached hydrogens (primary N) is 1. The molecule has 0 saturated carbocycles. The van der Waals surface area contributed by atoms with Gasteiger partial charge in [-0.05, 0) is 81.4 Å². The number of nitrogens with zero attached hydrogens (tertiary/aromatic N) is 8. The van der Waals surface area contributed by atoms with E-state index in [0.717, 1.165) is 11.6 Å². The first-order valence-electron chi connectivity index (χ1n) is 17.7. The maximum Gasteiger partial charge on any atom is 0.424 e. The topological polar surface area (TPSA) is 253 Å². The van der Waals surface area contributed by atoms with E-state index in [1.807, 2.05) is 4.72 Å². The summed E-state index contributed by atoms with van der Waals surface area (Å²) in [7, 11) is -0.0166. The molecule has 3 N–H and O–H groups in total. The molecule has 4 heterocycles. The van der Waals surface area contributed by atoms with Crippen LogP contribution in [0, 0.1) is 11.3 Å². The van der Waals surface area contributed by atoms with Crippen molar-refractivity contribution in [3.05, 3.63) is 105 Å². The molecule has 6 rings (SSSR count). The van der Waals surface area contributed by atoms with E-state index in [-0.39, 0.29) is 15.3 Å². The van der Waals surface area contributed by atoms with E-state index in [9.17, 15) is 27.6 Å². The van der Waals surface area contributed by atoms with E-state index >= 15 is 0 Å². The van der Waals surface area contributed by atoms with Crippen molar-refractivity contribution in [1.82, 2.24) is 34.3 Å². The van der Waals surface area contributed by atoms with Gasteiger partial charge in [0.25, 0.3) is 0 Å². The van der Waals surface area contributed by atoms with E-state index in [0.29, 0.717) is 68.7 Å². The lowest BCUT2D eigenvalue weighted by Gasteiger charge is -2.32. The lowest BCUT2D eigenvalue weighted by atomic mass is 10.2. The minimum absolute atomic E-state index is 0.149. The number of aromatic nitrogens is 6. The Kier molecular flexibility index (Phi) is 15.6. The number of quaternary nitrogens is 1. The molecule has 0 aliphatic carbocycles. The SMILES string of the molecule is CC[N+](CC)(CC)S(=O)(=O)NC(=O)OC.COC(=O)c1nn(-c2cc(Br)cc(C#N)c2)c2ncccc12.COC(=O)c1nn(-c2cc(Br)cc(C(N)=O)c2)c2ncccc12. The van der Waals surface area contributed by atoms with Crippen molar-refractivity contribution in [2.75, 3.05) is 41.0 Å². The van der Waals surface area contributed by atoms with Crippen LogP contribution in [-0.4, -0.2) is 107 Å². The van der Waals surface area contributed by atoms with Gasteiger partial charge in [-0.25, -0.2) is 37.6 Å². The van der Waals surface area contributed by atoms with E-state index in [2.05, 4.69) is 62.8 Å². The molecule has 0 aliphatic rings. The van der Waals surface area contributed by atoms with E-state index in [1.165, 1.54) is 23.6 Å². The van der Waals surface area contributed by atoms with Crippen molar-refractivity contribution in [2.45, 2.75) is 20.8 Å². The largest absolute Gasteiger partial charge is 0.464 e. The third-order valence-electron chi connectivity index (χ3n) is 8.95. The number of carbonyl (C=O) groups is 4. The highest BCUT2D eigenvalue weighted by molar-refractivity contribution is 9.10. The average molecular weight is 972 g/mol. The molecule has 19 nitrogen and oxygen atoms in total. The minimum Gasteiger partial charge on any atom is -0.464 e. The van der Waals surface area contributed by atoms with Gasteiger partial charge in [0, 0.05) is 26.9 Å². The molecular formula is C38H39Br2N10O9S+. The second-order valence-corrected chi connectivity index (χ2v) is 16.0. The second kappa shape index (κ2) is 20.1. The maximum absolute atomic E-state index is 11.9. The van der Waals surface area contributed by atoms with Crippen LogP contribution in [0.2, 0.25) is 0 Å². The summed E-state index contributed by atoms with van der Waals surface area (Å²) >= 11 is 6.69. The lowest BCUT2D eigenvalue weighted by molar-refractivity contribution is -0.801. The standard InChI is InChI=1S/C15H11BrN4O3.C15H9BrN4O2.C8H18N2O4S/c1-23-15(22)12-11-3-2-4-18-14(11)20(19-12)10-6-8(13(17)21)5-9(16)7-10;1-22-15(21)13-12-3-2-4-18-14(12)20(19-13)11-6-9(8-17)5-10(16)7-11;1-5-10(6-2,7-3)15(12,13)9-8(11)14-4/h2-7H,1H3,(H2,17,21);2-7H,1H3;5-7H2,1-4H3/p+1. The number of hydrogen-bond acceptors (Lipinski definition) is 14. The Hall–Kier alpha value is -6.28. The molecule has 4 aromatic heterocycles. The van der Waals surface area contributed by atoms with Gasteiger partial charge in [-0.2, -0.15) is 28.6 Å². The van der Waals surface area contributed by atoms with Crippen LogP contribution in [0.4, 0.5) is 4.79 Å². The van der Waals surface area contributed by atoms with E-state index in [1.54, 1.807) is 93.8 Å². The van der Waals surface area contributed by atoms with Crippen molar-refractivity contribution in [2.24, 2.45) is 5.73 Å². The Labute approximate surface area is 361 Å². The molecule has 0 fully saturated rings. The Bertz CT molecular complexity index is 2720. The first kappa shape index (κ1) is 46.4. The van der Waals surface area contributed by atoms with Crippen molar-refractivity contribution in [1.29, 1.82) is 5.26 Å². The Morgan fingerprint density at radius 3 is 1.65 bits per heavy atom. The first-order chi connectivity index (χ1) is 28.5. The molecule has 2 amide bonds. The molecule has 0 radical (unpaired) electrons. The number of pyridine rings is 2. The number of hydrogen-bond donors (Lipinski definition) is 2. The van der Waals surface area contributed by atoms with Crippen molar-refractivity contribution in [3.63, 3.8) is 0 Å². The van der Waals surface area contributed by atoms with Gasteiger partial charge in [0.1, 0.15) is 0 Å². The van der Waals surface area contributed by atoms with Gasteiger partial charge in [0.2, 0.25) is 5.91 Å². The highest BCUT2D eigenvalue weighted by Gasteiger charge is 2.39. The number of benzene rings is 2. The third kappa shape index (κ3) is 10.1. The Morgan fingerprint density at radius 1 is 0.767 bits per heavy atom. The van der Waals surface area contributed by atoms with Gasteiger partial charge >= 0.3 is 28.2 Å². The molecule has 0 bridgehead atoms. The highest BCUT2D eigenvalue weighted by Crippen LogP contribution is 2.26. The van der Waals surface area contributed by atoms with Crippen LogP contribution in [0.1, 0.15) is 57.7 Å². The minimum atomic E-state index is -3.73. The first-order valence-corrected chi connectivity index (χ1v) is 20.7. The van der Waals surface area contributed by atoms with Crippen LogP contribution in [0.3, 0.4) is 0 Å². The van der Waals surface area contributed by atoms with Crippen molar-refractivity contribution < 1.29 is 45.7 Å². The number of carbonyl (C=O) groups excluding carboxylic acids is 4. The van der Waals surface area contributed by atoms with Gasteiger partial charge in [-0.15, -0.1) is 0 Å². The molecule has 0 atom stereocenters. The summed E-state index contributed by atoms with van der Waals surface area (Å²) in [6, 6.07) is 19.1. The maximum atomic E-state index is 11.9. The van der Waals surface area contributed by atoms with Crippen LogP contribution in [0.5, 0.6) is 0 Å². The van der Waals surface area contributed by atoms with E-state index < -0.39 is 34.1 Å². The van der Waals surface area contributed by atoms with Crippen LogP contribution >= 0.6 is 31.9 Å². The summed E-state index contributed by atoms with van der Waals surface area (Å²) in [5.74, 6) is -1.66. The molecule has 0 spiro atoms. The molecule has 0 aliphatic heterocycles. The monoisotopic (exact) mass is 969 g/mol.